The number of hydrogen-bond donors (Lipinski definition) is 2. The fourth-order valence-electron chi connectivity index (χ4n) is 5.65. The third-order valence-corrected chi connectivity index (χ3v) is 8.78. The SMILES string of the molecule is CC1=C(C(=O)Nc2ccccc2)[C@H](c2ccc(C)cc2)n2c(s/c(=C\c3cc(C)n(-c4cccc(C(=O)O)c4)c3C)c2=O)=N1. The molecule has 1 amide bonds. The van der Waals surface area contributed by atoms with Gasteiger partial charge in [-0.25, -0.2) is 9.79 Å². The molecule has 0 radical (unpaired) electrons. The van der Waals surface area contributed by atoms with E-state index in [0.29, 0.717) is 26.3 Å². The lowest BCUT2D eigenvalue weighted by molar-refractivity contribution is -0.113. The number of carboxylic acid groups (broad SMARTS) is 1. The zero-order chi connectivity index (χ0) is 31.1. The number of allylic oxidation sites excluding steroid dienone is 1. The Labute approximate surface area is 257 Å². The molecule has 0 saturated heterocycles. The van der Waals surface area contributed by atoms with Crippen LogP contribution in [-0.4, -0.2) is 26.1 Å². The first-order chi connectivity index (χ1) is 21.1. The molecule has 1 aliphatic rings. The number of para-hydroxylation sites is 1. The summed E-state index contributed by atoms with van der Waals surface area (Å²) in [7, 11) is 0. The van der Waals surface area contributed by atoms with Crippen LogP contribution in [0.15, 0.2) is 106 Å². The second-order valence-electron chi connectivity index (χ2n) is 10.8. The smallest absolute Gasteiger partial charge is 0.335 e. The van der Waals surface area contributed by atoms with E-state index in [1.165, 1.54) is 11.3 Å². The molecule has 0 bridgehead atoms. The quantitative estimate of drug-likeness (QED) is 0.276. The van der Waals surface area contributed by atoms with E-state index in [2.05, 4.69) is 5.32 Å². The number of thiazole rings is 1. The number of benzene rings is 3. The third kappa shape index (κ3) is 5.22. The number of anilines is 1. The molecule has 5 aromatic rings. The molecule has 44 heavy (non-hydrogen) atoms. The van der Waals surface area contributed by atoms with Gasteiger partial charge in [-0.15, -0.1) is 0 Å². The predicted molar refractivity (Wildman–Crippen MR) is 172 cm³/mol. The van der Waals surface area contributed by atoms with Crippen molar-refractivity contribution in [3.63, 3.8) is 0 Å². The molecular weight excluding hydrogens is 572 g/mol. The molecule has 2 N–H and O–H groups in total. The summed E-state index contributed by atoms with van der Waals surface area (Å²) < 4.78 is 4.07. The molecule has 0 spiro atoms. The predicted octanol–water partition coefficient (Wildman–Crippen LogP) is 5.29. The van der Waals surface area contributed by atoms with Gasteiger partial charge in [0.25, 0.3) is 11.5 Å². The number of rotatable bonds is 6. The summed E-state index contributed by atoms with van der Waals surface area (Å²) in [5.74, 6) is -1.31. The number of carbonyl (C=O) groups is 2. The summed E-state index contributed by atoms with van der Waals surface area (Å²) in [6.07, 6.45) is 1.85. The van der Waals surface area contributed by atoms with Gasteiger partial charge in [-0.1, -0.05) is 65.4 Å². The van der Waals surface area contributed by atoms with Crippen molar-refractivity contribution in [2.75, 3.05) is 5.32 Å². The Morgan fingerprint density at radius 1 is 0.932 bits per heavy atom. The molecule has 0 fully saturated rings. The number of carboxylic acids is 1. The van der Waals surface area contributed by atoms with E-state index in [9.17, 15) is 19.5 Å². The van der Waals surface area contributed by atoms with Crippen LogP contribution in [0, 0.1) is 20.8 Å². The van der Waals surface area contributed by atoms with Crippen LogP contribution in [0.1, 0.15) is 51.4 Å². The highest BCUT2D eigenvalue weighted by atomic mass is 32.1. The van der Waals surface area contributed by atoms with Crippen molar-refractivity contribution >= 4 is 35.0 Å². The molecule has 8 nitrogen and oxygen atoms in total. The Kier molecular flexibility index (Phi) is 7.48. The summed E-state index contributed by atoms with van der Waals surface area (Å²) in [5, 5.41) is 12.5. The first kappa shape index (κ1) is 28.8. The highest BCUT2D eigenvalue weighted by Gasteiger charge is 2.32. The summed E-state index contributed by atoms with van der Waals surface area (Å²) in [5.41, 5.74) is 6.78. The van der Waals surface area contributed by atoms with Crippen LogP contribution in [0.3, 0.4) is 0 Å². The van der Waals surface area contributed by atoms with Crippen molar-refractivity contribution in [2.45, 2.75) is 33.7 Å². The van der Waals surface area contributed by atoms with Gasteiger partial charge in [-0.3, -0.25) is 14.2 Å². The first-order valence-corrected chi connectivity index (χ1v) is 14.9. The van der Waals surface area contributed by atoms with Crippen molar-refractivity contribution in [1.82, 2.24) is 9.13 Å². The van der Waals surface area contributed by atoms with Crippen LogP contribution in [0.5, 0.6) is 0 Å². The molecule has 0 aliphatic carbocycles. The Hall–Kier alpha value is -5.28. The lowest BCUT2D eigenvalue weighted by Crippen LogP contribution is -2.40. The molecule has 1 atom stereocenters. The molecule has 0 unspecified atom stereocenters. The maximum absolute atomic E-state index is 14.2. The molecular formula is C35H30N4O4S. The standard InChI is InChI=1S/C35H30N4O4S/c1-20-13-15-24(16-14-20)31-30(32(40)37-27-10-6-5-7-11-27)22(3)36-35-39(31)33(41)29(44-35)19-26-17-21(2)38(23(26)4)28-12-8-9-25(18-28)34(42)43/h5-19,31H,1-4H3,(H,37,40)(H,42,43)/b29-19-/t31-/m0/s1. The van der Waals surface area contributed by atoms with Crippen molar-refractivity contribution in [3.8, 4) is 5.69 Å². The van der Waals surface area contributed by atoms with E-state index < -0.39 is 12.0 Å². The number of amides is 1. The maximum atomic E-state index is 14.2. The minimum atomic E-state index is -0.995. The van der Waals surface area contributed by atoms with Crippen molar-refractivity contribution in [2.24, 2.45) is 4.99 Å². The molecule has 9 heteroatoms. The number of aromatic carboxylic acids is 1. The fourth-order valence-corrected chi connectivity index (χ4v) is 6.68. The minimum absolute atomic E-state index is 0.198. The van der Waals surface area contributed by atoms with Crippen molar-refractivity contribution in [3.05, 3.63) is 150 Å². The Morgan fingerprint density at radius 3 is 2.36 bits per heavy atom. The summed E-state index contributed by atoms with van der Waals surface area (Å²) in [6.45, 7) is 7.68. The molecule has 2 aromatic heterocycles. The van der Waals surface area contributed by atoms with Gasteiger partial charge in [0, 0.05) is 22.8 Å². The number of hydrogen-bond acceptors (Lipinski definition) is 5. The molecule has 6 rings (SSSR count). The second-order valence-corrected chi connectivity index (χ2v) is 11.8. The number of nitrogens with one attached hydrogen (secondary N) is 1. The summed E-state index contributed by atoms with van der Waals surface area (Å²) >= 11 is 1.28. The lowest BCUT2D eigenvalue weighted by atomic mass is 9.94. The van der Waals surface area contributed by atoms with Gasteiger partial charge in [0.1, 0.15) is 0 Å². The first-order valence-electron chi connectivity index (χ1n) is 14.1. The normalized spacial score (nSPS) is 14.7. The topological polar surface area (TPSA) is 106 Å². The van der Waals surface area contributed by atoms with Crippen LogP contribution in [-0.2, 0) is 4.79 Å². The van der Waals surface area contributed by atoms with Gasteiger partial charge in [-0.2, -0.15) is 0 Å². The highest BCUT2D eigenvalue weighted by molar-refractivity contribution is 7.07. The van der Waals surface area contributed by atoms with Crippen molar-refractivity contribution < 1.29 is 14.7 Å². The number of carbonyl (C=O) groups excluding carboxylic acids is 1. The minimum Gasteiger partial charge on any atom is -0.478 e. The molecule has 1 aliphatic heterocycles. The van der Waals surface area contributed by atoms with Crippen molar-refractivity contribution in [1.29, 1.82) is 0 Å². The van der Waals surface area contributed by atoms with Crippen LogP contribution in [0.2, 0.25) is 0 Å². The molecule has 3 aromatic carbocycles. The van der Waals surface area contributed by atoms with E-state index in [4.69, 9.17) is 4.99 Å². The van der Waals surface area contributed by atoms with E-state index in [1.807, 2.05) is 98.1 Å². The largest absolute Gasteiger partial charge is 0.478 e. The molecule has 220 valence electrons. The maximum Gasteiger partial charge on any atom is 0.335 e. The monoisotopic (exact) mass is 602 g/mol. The Balaban J connectivity index is 1.48. The number of aromatic nitrogens is 2. The summed E-state index contributed by atoms with van der Waals surface area (Å²) in [4.78, 5) is 44.7. The van der Waals surface area contributed by atoms with Gasteiger partial charge < -0.3 is 15.0 Å². The van der Waals surface area contributed by atoms with Gasteiger partial charge in [0.2, 0.25) is 0 Å². The number of nitrogens with zero attached hydrogens (tertiary/aromatic N) is 3. The Bertz CT molecular complexity index is 2150. The van der Waals surface area contributed by atoms with Crippen LogP contribution in [0.4, 0.5) is 5.69 Å². The molecule has 0 saturated carbocycles. The average Bonchev–Trinajstić information content (AvgIpc) is 3.46. The summed E-state index contributed by atoms with van der Waals surface area (Å²) in [6, 6.07) is 25.1. The van der Waals surface area contributed by atoms with Gasteiger partial charge in [-0.05, 0) is 81.3 Å². The van der Waals surface area contributed by atoms with E-state index in [1.54, 1.807) is 29.7 Å². The highest BCUT2D eigenvalue weighted by Crippen LogP contribution is 2.31. The number of aryl methyl sites for hydroxylation is 2. The average molecular weight is 603 g/mol. The zero-order valence-electron chi connectivity index (χ0n) is 24.7. The van der Waals surface area contributed by atoms with E-state index >= 15 is 0 Å². The zero-order valence-corrected chi connectivity index (χ0v) is 25.5. The second kappa shape index (κ2) is 11.4. The van der Waals surface area contributed by atoms with Crippen LogP contribution >= 0.6 is 11.3 Å². The third-order valence-electron chi connectivity index (χ3n) is 7.80. The number of fused-ring (bicyclic) bond motifs is 1. The van der Waals surface area contributed by atoms with Gasteiger partial charge >= 0.3 is 5.97 Å². The lowest BCUT2D eigenvalue weighted by Gasteiger charge is -2.25. The van der Waals surface area contributed by atoms with E-state index in [-0.39, 0.29) is 17.0 Å². The van der Waals surface area contributed by atoms with Crippen LogP contribution < -0.4 is 20.2 Å². The van der Waals surface area contributed by atoms with Gasteiger partial charge in [0.15, 0.2) is 4.80 Å². The van der Waals surface area contributed by atoms with E-state index in [0.717, 1.165) is 33.8 Å². The Morgan fingerprint density at radius 2 is 1.66 bits per heavy atom. The van der Waals surface area contributed by atoms with Gasteiger partial charge in [0.05, 0.1) is 27.4 Å². The fraction of sp³-hybridized carbons (Fsp3) is 0.143. The molecule has 3 heterocycles. The van der Waals surface area contributed by atoms with Crippen LogP contribution in [0.25, 0.3) is 11.8 Å².